The third kappa shape index (κ3) is 3.93. The highest BCUT2D eigenvalue weighted by Gasteiger charge is 2.25. The molecule has 0 unspecified atom stereocenters. The van der Waals surface area contributed by atoms with Crippen LogP contribution in [0.1, 0.15) is 18.1 Å². The number of hydrogen-bond acceptors (Lipinski definition) is 6. The first-order chi connectivity index (χ1) is 12.5. The number of rotatable bonds is 4. The van der Waals surface area contributed by atoms with E-state index in [0.29, 0.717) is 17.1 Å². The zero-order valence-corrected chi connectivity index (χ0v) is 16.1. The molecule has 26 heavy (non-hydrogen) atoms. The molecule has 0 spiro atoms. The predicted octanol–water partition coefficient (Wildman–Crippen LogP) is 3.57. The van der Waals surface area contributed by atoms with Gasteiger partial charge in [0.1, 0.15) is 0 Å². The molecule has 0 aliphatic carbocycles. The summed E-state index contributed by atoms with van der Waals surface area (Å²) in [6.07, 6.45) is 1.59. The molecule has 132 valence electrons. The quantitative estimate of drug-likeness (QED) is 0.300. The van der Waals surface area contributed by atoms with Gasteiger partial charge in [-0.2, -0.15) is 0 Å². The molecule has 0 aromatic heterocycles. The van der Waals surface area contributed by atoms with Crippen LogP contribution in [0.15, 0.2) is 53.2 Å². The van der Waals surface area contributed by atoms with E-state index in [-0.39, 0.29) is 11.6 Å². The van der Waals surface area contributed by atoms with Crippen molar-refractivity contribution < 1.29 is 23.8 Å². The maximum absolute atomic E-state index is 12.1. The van der Waals surface area contributed by atoms with Crippen molar-refractivity contribution in [3.05, 3.63) is 62.9 Å². The Morgan fingerprint density at radius 3 is 2.65 bits per heavy atom. The van der Waals surface area contributed by atoms with Gasteiger partial charge in [-0.05, 0) is 58.5 Å². The van der Waals surface area contributed by atoms with Gasteiger partial charge in [0.25, 0.3) is 0 Å². The Kier molecular flexibility index (Phi) is 5.36. The third-order valence-electron chi connectivity index (χ3n) is 3.47. The van der Waals surface area contributed by atoms with E-state index in [9.17, 15) is 9.59 Å². The standard InChI is InChI=1S/C19H14INO5/c1-11(22)25-16-8-7-12(10-17(16)24-2)9-15-19(23)26-18(21-15)13-5-3-4-6-14(13)20/h3-10H,1-2H3. The van der Waals surface area contributed by atoms with E-state index in [1.807, 2.05) is 24.3 Å². The fraction of sp³-hybridized carbons (Fsp3) is 0.105. The summed E-state index contributed by atoms with van der Waals surface area (Å²) in [5, 5.41) is 0. The van der Waals surface area contributed by atoms with Crippen molar-refractivity contribution >= 4 is 46.5 Å². The minimum atomic E-state index is -0.525. The summed E-state index contributed by atoms with van der Waals surface area (Å²) in [6.45, 7) is 1.31. The van der Waals surface area contributed by atoms with E-state index in [1.165, 1.54) is 14.0 Å². The molecule has 3 rings (SSSR count). The minimum Gasteiger partial charge on any atom is -0.493 e. The van der Waals surface area contributed by atoms with Crippen LogP contribution in [0.25, 0.3) is 6.08 Å². The zero-order chi connectivity index (χ0) is 18.7. The van der Waals surface area contributed by atoms with Crippen LogP contribution in [0, 0.1) is 3.57 Å². The van der Waals surface area contributed by atoms with Crippen LogP contribution in [0.4, 0.5) is 0 Å². The number of ether oxygens (including phenoxy) is 3. The second kappa shape index (κ2) is 7.69. The van der Waals surface area contributed by atoms with E-state index in [4.69, 9.17) is 14.2 Å². The first-order valence-corrected chi connectivity index (χ1v) is 8.69. The summed E-state index contributed by atoms with van der Waals surface area (Å²) in [5.74, 6) is -0.0141. The summed E-state index contributed by atoms with van der Waals surface area (Å²) in [5.41, 5.74) is 1.60. The Bertz CT molecular complexity index is 949. The second-order valence-electron chi connectivity index (χ2n) is 5.32. The van der Waals surface area contributed by atoms with Gasteiger partial charge in [0.15, 0.2) is 17.2 Å². The van der Waals surface area contributed by atoms with Crippen LogP contribution in [0.3, 0.4) is 0 Å². The second-order valence-corrected chi connectivity index (χ2v) is 6.48. The fourth-order valence-electron chi connectivity index (χ4n) is 2.33. The van der Waals surface area contributed by atoms with Gasteiger partial charge in [-0.15, -0.1) is 0 Å². The summed E-state index contributed by atoms with van der Waals surface area (Å²) in [6, 6.07) is 12.4. The molecule has 0 saturated heterocycles. The SMILES string of the molecule is COc1cc(C=C2N=C(c3ccccc3I)OC2=O)ccc1OC(C)=O. The van der Waals surface area contributed by atoms with Gasteiger partial charge in [-0.1, -0.05) is 18.2 Å². The lowest BCUT2D eigenvalue weighted by Crippen LogP contribution is -2.06. The molecule has 7 heteroatoms. The van der Waals surface area contributed by atoms with Crippen LogP contribution in [0.5, 0.6) is 11.5 Å². The summed E-state index contributed by atoms with van der Waals surface area (Å²) in [4.78, 5) is 27.5. The molecule has 0 amide bonds. The molecule has 0 fully saturated rings. The Balaban J connectivity index is 1.93. The molecule has 0 bridgehead atoms. The molecule has 0 N–H and O–H groups in total. The van der Waals surface area contributed by atoms with E-state index in [1.54, 1.807) is 24.3 Å². The Morgan fingerprint density at radius 1 is 1.19 bits per heavy atom. The number of carbonyl (C=O) groups excluding carboxylic acids is 2. The molecule has 1 heterocycles. The maximum Gasteiger partial charge on any atom is 0.363 e. The first-order valence-electron chi connectivity index (χ1n) is 7.62. The molecule has 0 atom stereocenters. The Morgan fingerprint density at radius 2 is 1.96 bits per heavy atom. The smallest absolute Gasteiger partial charge is 0.363 e. The highest BCUT2D eigenvalue weighted by Crippen LogP contribution is 2.30. The molecule has 1 aliphatic rings. The number of halogens is 1. The largest absolute Gasteiger partial charge is 0.493 e. The number of hydrogen-bond donors (Lipinski definition) is 0. The number of carbonyl (C=O) groups is 2. The van der Waals surface area contributed by atoms with Gasteiger partial charge in [0, 0.05) is 10.5 Å². The number of esters is 2. The highest BCUT2D eigenvalue weighted by atomic mass is 127. The van der Waals surface area contributed by atoms with Crippen molar-refractivity contribution in [2.45, 2.75) is 6.92 Å². The maximum atomic E-state index is 12.1. The zero-order valence-electron chi connectivity index (χ0n) is 14.0. The van der Waals surface area contributed by atoms with Crippen LogP contribution in [-0.2, 0) is 14.3 Å². The molecule has 6 nitrogen and oxygen atoms in total. The Labute approximate surface area is 163 Å². The normalized spacial score (nSPS) is 14.8. The number of cyclic esters (lactones) is 1. The average Bonchev–Trinajstić information content (AvgIpc) is 2.96. The number of methoxy groups -OCH3 is 1. The van der Waals surface area contributed by atoms with E-state index in [0.717, 1.165) is 9.13 Å². The summed E-state index contributed by atoms with van der Waals surface area (Å²) in [7, 11) is 1.47. The number of aliphatic imine (C=N–C) groups is 1. The van der Waals surface area contributed by atoms with E-state index >= 15 is 0 Å². The molecular weight excluding hydrogens is 449 g/mol. The lowest BCUT2D eigenvalue weighted by atomic mass is 10.1. The van der Waals surface area contributed by atoms with Crippen molar-refractivity contribution in [1.29, 1.82) is 0 Å². The van der Waals surface area contributed by atoms with Gasteiger partial charge < -0.3 is 14.2 Å². The van der Waals surface area contributed by atoms with Gasteiger partial charge >= 0.3 is 11.9 Å². The lowest BCUT2D eigenvalue weighted by molar-refractivity contribution is -0.132. The van der Waals surface area contributed by atoms with Crippen LogP contribution < -0.4 is 9.47 Å². The summed E-state index contributed by atoms with van der Waals surface area (Å²) >= 11 is 2.16. The van der Waals surface area contributed by atoms with Crippen LogP contribution >= 0.6 is 22.6 Å². The molecule has 1 aliphatic heterocycles. The van der Waals surface area contributed by atoms with Crippen molar-refractivity contribution in [3.63, 3.8) is 0 Å². The minimum absolute atomic E-state index is 0.182. The van der Waals surface area contributed by atoms with Gasteiger partial charge in [0.2, 0.25) is 5.90 Å². The summed E-state index contributed by atoms with van der Waals surface area (Å²) < 4.78 is 16.5. The van der Waals surface area contributed by atoms with Crippen LogP contribution in [0.2, 0.25) is 0 Å². The third-order valence-corrected chi connectivity index (χ3v) is 4.41. The molecular formula is C19H14INO5. The fourth-order valence-corrected chi connectivity index (χ4v) is 2.95. The average molecular weight is 463 g/mol. The molecule has 0 saturated carbocycles. The van der Waals surface area contributed by atoms with Gasteiger partial charge in [-0.3, -0.25) is 4.79 Å². The van der Waals surface area contributed by atoms with Crippen molar-refractivity contribution in [1.82, 2.24) is 0 Å². The van der Waals surface area contributed by atoms with Crippen molar-refractivity contribution in [3.8, 4) is 11.5 Å². The van der Waals surface area contributed by atoms with E-state index in [2.05, 4.69) is 27.6 Å². The topological polar surface area (TPSA) is 74.2 Å². The monoisotopic (exact) mass is 463 g/mol. The van der Waals surface area contributed by atoms with Crippen molar-refractivity contribution in [2.75, 3.05) is 7.11 Å². The number of benzene rings is 2. The Hall–Kier alpha value is -2.68. The highest BCUT2D eigenvalue weighted by molar-refractivity contribution is 14.1. The van der Waals surface area contributed by atoms with Crippen LogP contribution in [-0.4, -0.2) is 24.9 Å². The predicted molar refractivity (Wildman–Crippen MR) is 104 cm³/mol. The van der Waals surface area contributed by atoms with Crippen molar-refractivity contribution in [2.24, 2.45) is 4.99 Å². The lowest BCUT2D eigenvalue weighted by Gasteiger charge is -2.08. The molecule has 2 aromatic carbocycles. The molecule has 0 radical (unpaired) electrons. The van der Waals surface area contributed by atoms with Gasteiger partial charge in [-0.25, -0.2) is 9.79 Å². The number of nitrogens with zero attached hydrogens (tertiary/aromatic N) is 1. The van der Waals surface area contributed by atoms with Gasteiger partial charge in [0.05, 0.1) is 12.7 Å². The first kappa shape index (κ1) is 18.1. The van der Waals surface area contributed by atoms with E-state index < -0.39 is 11.9 Å². The molecule has 2 aromatic rings.